The first-order valence-corrected chi connectivity index (χ1v) is 12.2. The van der Waals surface area contributed by atoms with E-state index >= 15 is 0 Å². The Kier molecular flexibility index (Phi) is 5.98. The molecule has 3 fully saturated rings. The largest absolute Gasteiger partial charge is 0.0993 e. The van der Waals surface area contributed by atoms with Crippen LogP contribution in [0.15, 0.2) is 12.2 Å². The topological polar surface area (TPSA) is 0 Å². The van der Waals surface area contributed by atoms with Crippen molar-refractivity contribution in [3.05, 3.63) is 12.2 Å². The minimum absolute atomic E-state index is 0.468. The fourth-order valence-electron chi connectivity index (χ4n) is 7.97. The summed E-state index contributed by atoms with van der Waals surface area (Å²) in [6, 6.07) is 0. The molecule has 0 aromatic rings. The fourth-order valence-corrected chi connectivity index (χ4v) is 7.97. The molecule has 3 rings (SSSR count). The molecule has 27 heavy (non-hydrogen) atoms. The van der Waals surface area contributed by atoms with Crippen LogP contribution in [0.1, 0.15) is 113 Å². The summed E-state index contributed by atoms with van der Waals surface area (Å²) in [5, 5.41) is 0. The number of rotatable bonds is 6. The molecule has 3 saturated carbocycles. The third-order valence-electron chi connectivity index (χ3n) is 10.1. The highest BCUT2D eigenvalue weighted by Gasteiger charge is 2.59. The number of allylic oxidation sites excluding steroid dienone is 1. The Morgan fingerprint density at radius 2 is 1.67 bits per heavy atom. The van der Waals surface area contributed by atoms with Crippen LogP contribution in [0.4, 0.5) is 0 Å². The van der Waals surface area contributed by atoms with Crippen LogP contribution in [0.25, 0.3) is 0 Å². The van der Waals surface area contributed by atoms with Gasteiger partial charge in [-0.25, -0.2) is 0 Å². The molecule has 0 aromatic carbocycles. The van der Waals surface area contributed by atoms with Gasteiger partial charge in [0.2, 0.25) is 0 Å². The van der Waals surface area contributed by atoms with E-state index in [-0.39, 0.29) is 0 Å². The zero-order valence-corrected chi connectivity index (χ0v) is 19.7. The quantitative estimate of drug-likeness (QED) is 0.409. The summed E-state index contributed by atoms with van der Waals surface area (Å²) in [5.74, 6) is 4.58. The standard InChI is InChI=1S/C27H48/c1-19(2)18-20(3)10-9-15-27(8)24-14-17-26(7)21(4)11-12-23(26)22(24)13-16-25(27,5)6/h19-20,22-24H,4,9-18H2,1-3,5-8H3. The molecular weight excluding hydrogens is 324 g/mol. The van der Waals surface area contributed by atoms with Gasteiger partial charge in [0.15, 0.2) is 0 Å². The van der Waals surface area contributed by atoms with Crippen molar-refractivity contribution in [2.75, 3.05) is 0 Å². The minimum atomic E-state index is 0.468. The van der Waals surface area contributed by atoms with Crippen LogP contribution in [0.2, 0.25) is 0 Å². The van der Waals surface area contributed by atoms with Crippen molar-refractivity contribution >= 4 is 0 Å². The van der Waals surface area contributed by atoms with E-state index in [9.17, 15) is 0 Å². The van der Waals surface area contributed by atoms with Gasteiger partial charge in [-0.3, -0.25) is 0 Å². The molecule has 0 nitrogen and oxygen atoms in total. The average Bonchev–Trinajstić information content (AvgIpc) is 2.86. The van der Waals surface area contributed by atoms with Crippen LogP contribution in [0, 0.1) is 45.8 Å². The smallest absolute Gasteiger partial charge is 0.00879 e. The summed E-state index contributed by atoms with van der Waals surface area (Å²) in [6.07, 6.45) is 14.2. The summed E-state index contributed by atoms with van der Waals surface area (Å²) >= 11 is 0. The van der Waals surface area contributed by atoms with Crippen molar-refractivity contribution in [1.29, 1.82) is 0 Å². The second-order valence-electron chi connectivity index (χ2n) is 12.4. The lowest BCUT2D eigenvalue weighted by Gasteiger charge is -2.62. The Balaban J connectivity index is 1.73. The van der Waals surface area contributed by atoms with Gasteiger partial charge in [0, 0.05) is 0 Å². The second-order valence-corrected chi connectivity index (χ2v) is 12.4. The van der Waals surface area contributed by atoms with E-state index in [1.54, 1.807) is 5.57 Å². The molecule has 3 aliphatic carbocycles. The molecule has 0 bridgehead atoms. The normalized spacial score (nSPS) is 42.1. The Labute approximate surface area is 171 Å². The van der Waals surface area contributed by atoms with E-state index < -0.39 is 0 Å². The Morgan fingerprint density at radius 3 is 2.33 bits per heavy atom. The molecule has 6 unspecified atom stereocenters. The van der Waals surface area contributed by atoms with Crippen molar-refractivity contribution in [1.82, 2.24) is 0 Å². The van der Waals surface area contributed by atoms with Gasteiger partial charge in [-0.05, 0) is 97.2 Å². The number of hydrogen-bond donors (Lipinski definition) is 0. The van der Waals surface area contributed by atoms with Crippen molar-refractivity contribution < 1.29 is 0 Å². The lowest BCUT2D eigenvalue weighted by Crippen LogP contribution is -2.54. The van der Waals surface area contributed by atoms with E-state index in [1.165, 1.54) is 64.2 Å². The van der Waals surface area contributed by atoms with Crippen LogP contribution in [0.3, 0.4) is 0 Å². The maximum Gasteiger partial charge on any atom is -0.00879 e. The molecule has 0 amide bonds. The zero-order chi connectivity index (χ0) is 20.0. The molecule has 0 aromatic heterocycles. The summed E-state index contributed by atoms with van der Waals surface area (Å²) in [7, 11) is 0. The molecule has 156 valence electrons. The van der Waals surface area contributed by atoms with E-state index in [4.69, 9.17) is 0 Å². The molecular formula is C27H48. The Bertz CT molecular complexity index is 540. The molecule has 0 heteroatoms. The second kappa shape index (κ2) is 7.53. The predicted octanol–water partition coefficient (Wildman–Crippen LogP) is 8.66. The Morgan fingerprint density at radius 1 is 0.963 bits per heavy atom. The van der Waals surface area contributed by atoms with E-state index in [0.717, 1.165) is 29.6 Å². The van der Waals surface area contributed by atoms with Crippen molar-refractivity contribution in [2.24, 2.45) is 45.8 Å². The minimum Gasteiger partial charge on any atom is -0.0993 e. The van der Waals surface area contributed by atoms with Crippen LogP contribution in [-0.4, -0.2) is 0 Å². The van der Waals surface area contributed by atoms with Gasteiger partial charge in [0.1, 0.15) is 0 Å². The lowest BCUT2D eigenvalue weighted by atomic mass is 9.43. The Hall–Kier alpha value is -0.260. The summed E-state index contributed by atoms with van der Waals surface area (Å²) in [5.41, 5.74) is 3.08. The van der Waals surface area contributed by atoms with Gasteiger partial charge >= 0.3 is 0 Å². The van der Waals surface area contributed by atoms with E-state index in [0.29, 0.717) is 16.2 Å². The average molecular weight is 373 g/mol. The summed E-state index contributed by atoms with van der Waals surface area (Å²) < 4.78 is 0. The molecule has 0 heterocycles. The molecule has 6 atom stereocenters. The van der Waals surface area contributed by atoms with E-state index in [2.05, 4.69) is 55.0 Å². The monoisotopic (exact) mass is 372 g/mol. The highest BCUT2D eigenvalue weighted by Crippen LogP contribution is 2.68. The van der Waals surface area contributed by atoms with Gasteiger partial charge in [0.25, 0.3) is 0 Å². The van der Waals surface area contributed by atoms with Crippen molar-refractivity contribution in [3.63, 3.8) is 0 Å². The molecule has 0 N–H and O–H groups in total. The highest BCUT2D eigenvalue weighted by atomic mass is 14.6. The zero-order valence-electron chi connectivity index (χ0n) is 19.7. The first-order valence-electron chi connectivity index (χ1n) is 12.2. The lowest BCUT2D eigenvalue weighted by molar-refractivity contribution is -0.121. The number of hydrogen-bond acceptors (Lipinski definition) is 0. The highest BCUT2D eigenvalue weighted by molar-refractivity contribution is 5.21. The fraction of sp³-hybridized carbons (Fsp3) is 0.926. The maximum absolute atomic E-state index is 4.51. The first kappa shape index (κ1) is 21.4. The van der Waals surface area contributed by atoms with Gasteiger partial charge in [0.05, 0.1) is 0 Å². The van der Waals surface area contributed by atoms with Crippen LogP contribution in [-0.2, 0) is 0 Å². The van der Waals surface area contributed by atoms with Crippen LogP contribution in [0.5, 0.6) is 0 Å². The SMILES string of the molecule is C=C1CCC2C3CCC(C)(C)C(C)(CCCC(C)CC(C)C)C3CCC12C. The molecule has 0 aliphatic heterocycles. The summed E-state index contributed by atoms with van der Waals surface area (Å²) in [6.45, 7) is 22.2. The van der Waals surface area contributed by atoms with Gasteiger partial charge in [-0.1, -0.05) is 73.5 Å². The van der Waals surface area contributed by atoms with Gasteiger partial charge < -0.3 is 0 Å². The van der Waals surface area contributed by atoms with Crippen LogP contribution >= 0.6 is 0 Å². The number of fused-ring (bicyclic) bond motifs is 3. The predicted molar refractivity (Wildman–Crippen MR) is 120 cm³/mol. The summed E-state index contributed by atoms with van der Waals surface area (Å²) in [4.78, 5) is 0. The third kappa shape index (κ3) is 3.69. The van der Waals surface area contributed by atoms with Crippen molar-refractivity contribution in [2.45, 2.75) is 113 Å². The van der Waals surface area contributed by atoms with E-state index in [1.807, 2.05) is 0 Å². The molecule has 0 saturated heterocycles. The van der Waals surface area contributed by atoms with Crippen LogP contribution < -0.4 is 0 Å². The van der Waals surface area contributed by atoms with Gasteiger partial charge in [-0.15, -0.1) is 0 Å². The molecule has 3 aliphatic rings. The molecule has 0 radical (unpaired) electrons. The van der Waals surface area contributed by atoms with Crippen molar-refractivity contribution in [3.8, 4) is 0 Å². The maximum atomic E-state index is 4.51. The van der Waals surface area contributed by atoms with Gasteiger partial charge in [-0.2, -0.15) is 0 Å². The first-order chi connectivity index (χ1) is 12.5. The third-order valence-corrected chi connectivity index (χ3v) is 10.1. The molecule has 0 spiro atoms.